The molecule has 1 aliphatic rings. The van der Waals surface area contributed by atoms with Crippen LogP contribution in [0.5, 0.6) is 0 Å². The SMILES string of the molecule is C[C@@H](NC(=O)c1ccc(Br)cc1)C(=O)N[C@H]1CCCN(Cc2ccccc2)C1. The summed E-state index contributed by atoms with van der Waals surface area (Å²) >= 11 is 3.35. The highest BCUT2D eigenvalue weighted by Gasteiger charge is 2.24. The first kappa shape index (κ1) is 20.6. The third kappa shape index (κ3) is 5.91. The zero-order valence-electron chi connectivity index (χ0n) is 16.0. The Balaban J connectivity index is 1.49. The molecule has 0 spiro atoms. The van der Waals surface area contributed by atoms with Crippen LogP contribution in [0.15, 0.2) is 59.1 Å². The number of piperidine rings is 1. The molecule has 0 radical (unpaired) electrons. The van der Waals surface area contributed by atoms with Gasteiger partial charge in [-0.2, -0.15) is 0 Å². The molecule has 0 aromatic heterocycles. The van der Waals surface area contributed by atoms with Crippen LogP contribution in [0.25, 0.3) is 0 Å². The molecule has 0 unspecified atom stereocenters. The van der Waals surface area contributed by atoms with Crippen molar-refractivity contribution in [3.05, 3.63) is 70.2 Å². The van der Waals surface area contributed by atoms with Crippen molar-refractivity contribution in [1.29, 1.82) is 0 Å². The third-order valence-corrected chi connectivity index (χ3v) is 5.48. The molecule has 28 heavy (non-hydrogen) atoms. The maximum Gasteiger partial charge on any atom is 0.251 e. The number of nitrogens with zero attached hydrogens (tertiary/aromatic N) is 1. The lowest BCUT2D eigenvalue weighted by molar-refractivity contribution is -0.123. The molecule has 1 saturated heterocycles. The molecule has 1 aliphatic heterocycles. The Morgan fingerprint density at radius 3 is 2.57 bits per heavy atom. The van der Waals surface area contributed by atoms with Crippen LogP contribution in [0, 0.1) is 0 Å². The van der Waals surface area contributed by atoms with Gasteiger partial charge in [0.15, 0.2) is 0 Å². The monoisotopic (exact) mass is 443 g/mol. The zero-order valence-corrected chi connectivity index (χ0v) is 17.6. The molecule has 0 bridgehead atoms. The van der Waals surface area contributed by atoms with Crippen LogP contribution in [0.4, 0.5) is 0 Å². The Hall–Kier alpha value is -2.18. The lowest BCUT2D eigenvalue weighted by Crippen LogP contribution is -2.52. The average molecular weight is 444 g/mol. The molecule has 2 aromatic rings. The van der Waals surface area contributed by atoms with Gasteiger partial charge in [-0.25, -0.2) is 0 Å². The van der Waals surface area contributed by atoms with Gasteiger partial charge < -0.3 is 10.6 Å². The number of nitrogens with one attached hydrogen (secondary N) is 2. The van der Waals surface area contributed by atoms with E-state index in [4.69, 9.17) is 0 Å². The maximum absolute atomic E-state index is 12.5. The van der Waals surface area contributed by atoms with E-state index in [1.165, 1.54) is 5.56 Å². The molecule has 0 saturated carbocycles. The standard InChI is InChI=1S/C22H26BrN3O2/c1-16(24-22(28)18-9-11-19(23)12-10-18)21(27)25-20-8-5-13-26(15-20)14-17-6-3-2-4-7-17/h2-4,6-7,9-12,16,20H,5,8,13-15H2,1H3,(H,24,28)(H,25,27)/t16-,20+/m1/s1. The second-order valence-corrected chi connectivity index (χ2v) is 8.19. The number of hydrogen-bond acceptors (Lipinski definition) is 3. The second-order valence-electron chi connectivity index (χ2n) is 7.27. The van der Waals surface area contributed by atoms with Gasteiger partial charge in [-0.15, -0.1) is 0 Å². The van der Waals surface area contributed by atoms with Crippen molar-refractivity contribution in [3.8, 4) is 0 Å². The van der Waals surface area contributed by atoms with Crippen molar-refractivity contribution >= 4 is 27.7 Å². The van der Waals surface area contributed by atoms with E-state index in [9.17, 15) is 9.59 Å². The first-order valence-electron chi connectivity index (χ1n) is 9.64. The van der Waals surface area contributed by atoms with Crippen LogP contribution in [-0.4, -0.2) is 41.9 Å². The summed E-state index contributed by atoms with van der Waals surface area (Å²) in [4.78, 5) is 27.2. The van der Waals surface area contributed by atoms with Gasteiger partial charge in [-0.1, -0.05) is 46.3 Å². The fraction of sp³-hybridized carbons (Fsp3) is 0.364. The largest absolute Gasteiger partial charge is 0.350 e. The molecule has 2 N–H and O–H groups in total. The van der Waals surface area contributed by atoms with E-state index >= 15 is 0 Å². The number of benzene rings is 2. The van der Waals surface area contributed by atoms with Crippen molar-refractivity contribution in [1.82, 2.24) is 15.5 Å². The van der Waals surface area contributed by atoms with Gasteiger partial charge in [0, 0.05) is 29.2 Å². The van der Waals surface area contributed by atoms with Crippen LogP contribution in [-0.2, 0) is 11.3 Å². The molecule has 2 aromatic carbocycles. The predicted octanol–water partition coefficient (Wildman–Crippen LogP) is 3.35. The first-order valence-corrected chi connectivity index (χ1v) is 10.4. The summed E-state index contributed by atoms with van der Waals surface area (Å²) < 4.78 is 0.909. The quantitative estimate of drug-likeness (QED) is 0.719. The number of amides is 2. The van der Waals surface area contributed by atoms with Crippen molar-refractivity contribution in [3.63, 3.8) is 0 Å². The van der Waals surface area contributed by atoms with Gasteiger partial charge >= 0.3 is 0 Å². The van der Waals surface area contributed by atoms with Gasteiger partial charge in [0.1, 0.15) is 6.04 Å². The minimum absolute atomic E-state index is 0.108. The molecule has 2 amide bonds. The minimum atomic E-state index is -0.583. The summed E-state index contributed by atoms with van der Waals surface area (Å²) in [6.07, 6.45) is 2.02. The molecule has 2 atom stereocenters. The Kier molecular flexibility index (Phi) is 7.23. The van der Waals surface area contributed by atoms with Crippen LogP contribution >= 0.6 is 15.9 Å². The number of carbonyl (C=O) groups excluding carboxylic acids is 2. The lowest BCUT2D eigenvalue weighted by Gasteiger charge is -2.33. The number of likely N-dealkylation sites (tertiary alicyclic amines) is 1. The highest BCUT2D eigenvalue weighted by Crippen LogP contribution is 2.14. The summed E-state index contributed by atoms with van der Waals surface area (Å²) in [5, 5.41) is 5.87. The fourth-order valence-electron chi connectivity index (χ4n) is 3.43. The number of rotatable bonds is 6. The molecular weight excluding hydrogens is 418 g/mol. The van der Waals surface area contributed by atoms with E-state index < -0.39 is 6.04 Å². The van der Waals surface area contributed by atoms with Crippen molar-refractivity contribution in [2.45, 2.75) is 38.4 Å². The van der Waals surface area contributed by atoms with Crippen molar-refractivity contribution in [2.24, 2.45) is 0 Å². The first-order chi connectivity index (χ1) is 13.5. The predicted molar refractivity (Wildman–Crippen MR) is 114 cm³/mol. The normalized spacial score (nSPS) is 18.3. The summed E-state index contributed by atoms with van der Waals surface area (Å²) in [6, 6.07) is 17.0. The molecular formula is C22H26BrN3O2. The van der Waals surface area contributed by atoms with Crippen molar-refractivity contribution < 1.29 is 9.59 Å². The van der Waals surface area contributed by atoms with E-state index in [1.807, 2.05) is 30.3 Å². The van der Waals surface area contributed by atoms with E-state index in [0.717, 1.165) is 36.9 Å². The highest BCUT2D eigenvalue weighted by molar-refractivity contribution is 9.10. The summed E-state index contributed by atoms with van der Waals surface area (Å²) in [6.45, 7) is 4.48. The third-order valence-electron chi connectivity index (χ3n) is 4.95. The maximum atomic E-state index is 12.5. The van der Waals surface area contributed by atoms with Crippen LogP contribution < -0.4 is 10.6 Å². The molecule has 3 rings (SSSR count). The van der Waals surface area contributed by atoms with Crippen LogP contribution in [0.2, 0.25) is 0 Å². The summed E-state index contributed by atoms with van der Waals surface area (Å²) in [5.74, 6) is -0.387. The molecule has 5 nitrogen and oxygen atoms in total. The number of hydrogen-bond donors (Lipinski definition) is 2. The second kappa shape index (κ2) is 9.85. The van der Waals surface area contributed by atoms with E-state index in [1.54, 1.807) is 19.1 Å². The topological polar surface area (TPSA) is 61.4 Å². The smallest absolute Gasteiger partial charge is 0.251 e. The molecule has 0 aliphatic carbocycles. The van der Waals surface area contributed by atoms with Crippen LogP contribution in [0.3, 0.4) is 0 Å². The fourth-order valence-corrected chi connectivity index (χ4v) is 3.70. The molecule has 1 heterocycles. The van der Waals surface area contributed by atoms with Gasteiger partial charge in [0.25, 0.3) is 5.91 Å². The van der Waals surface area contributed by atoms with Crippen molar-refractivity contribution in [2.75, 3.05) is 13.1 Å². The van der Waals surface area contributed by atoms with E-state index in [-0.39, 0.29) is 17.9 Å². The van der Waals surface area contributed by atoms with Gasteiger partial charge in [-0.05, 0) is 56.1 Å². The van der Waals surface area contributed by atoms with Gasteiger partial charge in [0.05, 0.1) is 0 Å². The summed E-state index contributed by atoms with van der Waals surface area (Å²) in [7, 11) is 0. The van der Waals surface area contributed by atoms with Crippen LogP contribution in [0.1, 0.15) is 35.7 Å². The molecule has 1 fully saturated rings. The Labute approximate surface area is 174 Å². The molecule has 148 valence electrons. The Bertz CT molecular complexity index is 795. The number of halogens is 1. The molecule has 6 heteroatoms. The van der Waals surface area contributed by atoms with Gasteiger partial charge in [-0.3, -0.25) is 14.5 Å². The minimum Gasteiger partial charge on any atom is -0.350 e. The van der Waals surface area contributed by atoms with E-state index in [2.05, 4.69) is 43.6 Å². The lowest BCUT2D eigenvalue weighted by atomic mass is 10.0. The number of carbonyl (C=O) groups is 2. The highest BCUT2D eigenvalue weighted by atomic mass is 79.9. The van der Waals surface area contributed by atoms with E-state index in [0.29, 0.717) is 5.56 Å². The van der Waals surface area contributed by atoms with Gasteiger partial charge in [0.2, 0.25) is 5.91 Å². The Morgan fingerprint density at radius 2 is 1.86 bits per heavy atom. The Morgan fingerprint density at radius 1 is 1.14 bits per heavy atom. The zero-order chi connectivity index (χ0) is 19.9. The average Bonchev–Trinajstić information content (AvgIpc) is 2.69. The summed E-state index contributed by atoms with van der Waals surface area (Å²) in [5.41, 5.74) is 1.82.